The molecular weight excluding hydrogens is 414 g/mol. The monoisotopic (exact) mass is 441 g/mol. The van der Waals surface area contributed by atoms with Crippen LogP contribution in [0.5, 0.6) is 0 Å². The van der Waals surface area contributed by atoms with Crippen LogP contribution in [-0.4, -0.2) is 33.2 Å². The molecule has 0 saturated heterocycles. The van der Waals surface area contributed by atoms with Crippen LogP contribution in [0.3, 0.4) is 0 Å². The Morgan fingerprint density at radius 2 is 0.971 bits per heavy atom. The van der Waals surface area contributed by atoms with Crippen molar-refractivity contribution in [1.82, 2.24) is 4.98 Å². The van der Waals surface area contributed by atoms with Gasteiger partial charge in [0.25, 0.3) is 0 Å². The summed E-state index contributed by atoms with van der Waals surface area (Å²) in [5.74, 6) is 0. The van der Waals surface area contributed by atoms with E-state index in [0.717, 1.165) is 0 Å². The van der Waals surface area contributed by atoms with E-state index in [-0.39, 0.29) is 0 Å². The Balaban J connectivity index is 1.66. The Labute approximate surface area is 200 Å². The first-order valence-corrected chi connectivity index (χ1v) is 11.6. The van der Waals surface area contributed by atoms with Gasteiger partial charge in [0.2, 0.25) is 0 Å². The zero-order valence-corrected chi connectivity index (χ0v) is 20.0. The second-order valence-corrected chi connectivity index (χ2v) is 9.42. The topological polar surface area (TPSA) is 19.4 Å². The van der Waals surface area contributed by atoms with Gasteiger partial charge < -0.3 is 9.80 Å². The van der Waals surface area contributed by atoms with Gasteiger partial charge in [0, 0.05) is 68.1 Å². The molecule has 0 atom stereocenters. The van der Waals surface area contributed by atoms with E-state index in [1.165, 1.54) is 65.9 Å². The molecule has 6 aromatic rings. The van der Waals surface area contributed by atoms with E-state index in [1.54, 1.807) is 0 Å². The lowest BCUT2D eigenvalue weighted by molar-refractivity contribution is 1.13. The standard InChI is InChI=1S/C31H27N3/c1-33(2)24-12-8-20(9-13-24)28-16-22-18-32-19-23-17-29(21-10-14-25(15-11-21)34(3)4)27-7-5-6-26(28)31(27)30(22)23/h5-19H,1-4H3. The summed E-state index contributed by atoms with van der Waals surface area (Å²) < 4.78 is 0. The van der Waals surface area contributed by atoms with Gasteiger partial charge in [-0.05, 0) is 74.8 Å². The van der Waals surface area contributed by atoms with Gasteiger partial charge >= 0.3 is 0 Å². The van der Waals surface area contributed by atoms with Crippen molar-refractivity contribution in [1.29, 1.82) is 0 Å². The first-order chi connectivity index (χ1) is 16.5. The lowest BCUT2D eigenvalue weighted by Crippen LogP contribution is -2.07. The lowest BCUT2D eigenvalue weighted by Gasteiger charge is -2.19. The van der Waals surface area contributed by atoms with Gasteiger partial charge in [-0.15, -0.1) is 0 Å². The molecule has 0 aliphatic heterocycles. The van der Waals surface area contributed by atoms with Crippen molar-refractivity contribution in [3.05, 3.63) is 91.3 Å². The van der Waals surface area contributed by atoms with Crippen molar-refractivity contribution in [2.24, 2.45) is 0 Å². The van der Waals surface area contributed by atoms with Crippen molar-refractivity contribution in [3.8, 4) is 22.3 Å². The van der Waals surface area contributed by atoms with E-state index < -0.39 is 0 Å². The summed E-state index contributed by atoms with van der Waals surface area (Å²) in [4.78, 5) is 8.86. The fourth-order valence-corrected chi connectivity index (χ4v) is 5.09. The van der Waals surface area contributed by atoms with Gasteiger partial charge in [-0.3, -0.25) is 4.98 Å². The number of pyridine rings is 1. The predicted molar refractivity (Wildman–Crippen MR) is 147 cm³/mol. The van der Waals surface area contributed by atoms with Crippen LogP contribution >= 0.6 is 0 Å². The third kappa shape index (κ3) is 3.16. The van der Waals surface area contributed by atoms with E-state index in [9.17, 15) is 0 Å². The van der Waals surface area contributed by atoms with Gasteiger partial charge in [0.05, 0.1) is 0 Å². The van der Waals surface area contributed by atoms with Gasteiger partial charge in [-0.1, -0.05) is 42.5 Å². The van der Waals surface area contributed by atoms with Crippen LogP contribution in [0.25, 0.3) is 54.6 Å². The minimum absolute atomic E-state index is 1.18. The number of aromatic nitrogens is 1. The molecule has 0 radical (unpaired) electrons. The SMILES string of the molecule is CN(C)c1ccc(-c2cc3cncc4cc(-c5ccc(N(C)C)cc5)c5cccc2c5c34)cc1. The minimum atomic E-state index is 1.18. The van der Waals surface area contributed by atoms with E-state index in [4.69, 9.17) is 0 Å². The summed E-state index contributed by atoms with van der Waals surface area (Å²) in [5.41, 5.74) is 7.34. The fraction of sp³-hybridized carbons (Fsp3) is 0.129. The van der Waals surface area contributed by atoms with Crippen molar-refractivity contribution in [2.45, 2.75) is 0 Å². The maximum atomic E-state index is 4.60. The third-order valence-corrected chi connectivity index (χ3v) is 6.89. The molecule has 6 rings (SSSR count). The highest BCUT2D eigenvalue weighted by molar-refractivity contribution is 6.28. The van der Waals surface area contributed by atoms with E-state index in [1.807, 2.05) is 12.4 Å². The minimum Gasteiger partial charge on any atom is -0.378 e. The lowest BCUT2D eigenvalue weighted by atomic mass is 9.86. The zero-order valence-electron chi connectivity index (χ0n) is 20.0. The molecule has 0 saturated carbocycles. The number of benzene rings is 5. The molecule has 166 valence electrons. The second kappa shape index (κ2) is 7.74. The van der Waals surface area contributed by atoms with E-state index in [0.29, 0.717) is 0 Å². The summed E-state index contributed by atoms with van der Waals surface area (Å²) in [6.07, 6.45) is 3.99. The molecular formula is C31H27N3. The Bertz CT molecular complexity index is 1510. The molecule has 0 spiro atoms. The maximum Gasteiger partial charge on any atom is 0.0361 e. The molecule has 0 aliphatic rings. The van der Waals surface area contributed by atoms with Crippen LogP contribution in [0.2, 0.25) is 0 Å². The van der Waals surface area contributed by atoms with Gasteiger partial charge in [-0.2, -0.15) is 0 Å². The Hall–Kier alpha value is -4.11. The van der Waals surface area contributed by atoms with Crippen LogP contribution in [0.4, 0.5) is 11.4 Å². The van der Waals surface area contributed by atoms with Crippen molar-refractivity contribution in [3.63, 3.8) is 0 Å². The smallest absolute Gasteiger partial charge is 0.0361 e. The Kier molecular flexibility index (Phi) is 4.66. The predicted octanol–water partition coefficient (Wildman–Crippen LogP) is 7.45. The van der Waals surface area contributed by atoms with Gasteiger partial charge in [0.1, 0.15) is 0 Å². The molecule has 34 heavy (non-hydrogen) atoms. The van der Waals surface area contributed by atoms with Crippen LogP contribution in [0.1, 0.15) is 0 Å². The maximum absolute atomic E-state index is 4.60. The Morgan fingerprint density at radius 3 is 1.38 bits per heavy atom. The summed E-state index contributed by atoms with van der Waals surface area (Å²) in [5, 5.41) is 7.54. The quantitative estimate of drug-likeness (QED) is 0.265. The van der Waals surface area contributed by atoms with Gasteiger partial charge in [0.15, 0.2) is 0 Å². The number of rotatable bonds is 4. The van der Waals surface area contributed by atoms with Gasteiger partial charge in [-0.25, -0.2) is 0 Å². The summed E-state index contributed by atoms with van der Waals surface area (Å²) in [6, 6.07) is 29.0. The average molecular weight is 442 g/mol. The molecule has 0 bridgehead atoms. The van der Waals surface area contributed by atoms with Crippen LogP contribution in [-0.2, 0) is 0 Å². The summed E-state index contributed by atoms with van der Waals surface area (Å²) >= 11 is 0. The molecule has 0 fully saturated rings. The van der Waals surface area contributed by atoms with Crippen LogP contribution in [0, 0.1) is 0 Å². The molecule has 1 heterocycles. The van der Waals surface area contributed by atoms with Crippen molar-refractivity contribution >= 4 is 43.7 Å². The molecule has 5 aromatic carbocycles. The fourth-order valence-electron chi connectivity index (χ4n) is 5.09. The largest absolute Gasteiger partial charge is 0.378 e. The van der Waals surface area contributed by atoms with Crippen LogP contribution in [0.15, 0.2) is 91.3 Å². The highest BCUT2D eigenvalue weighted by Gasteiger charge is 2.17. The molecule has 3 heteroatoms. The molecule has 0 aliphatic carbocycles. The average Bonchev–Trinajstić information content (AvgIpc) is 2.87. The number of nitrogens with zero attached hydrogens (tertiary/aromatic N) is 3. The van der Waals surface area contributed by atoms with Crippen molar-refractivity contribution < 1.29 is 0 Å². The third-order valence-electron chi connectivity index (χ3n) is 6.89. The van der Waals surface area contributed by atoms with E-state index >= 15 is 0 Å². The van der Waals surface area contributed by atoms with Crippen LogP contribution < -0.4 is 9.80 Å². The molecule has 1 aromatic heterocycles. The first-order valence-electron chi connectivity index (χ1n) is 11.6. The molecule has 3 nitrogen and oxygen atoms in total. The number of anilines is 2. The molecule has 0 unspecified atom stereocenters. The first kappa shape index (κ1) is 20.5. The second-order valence-electron chi connectivity index (χ2n) is 9.42. The normalized spacial score (nSPS) is 11.5. The summed E-state index contributed by atoms with van der Waals surface area (Å²) in [6.45, 7) is 0. The van der Waals surface area contributed by atoms with Crippen molar-refractivity contribution in [2.75, 3.05) is 38.0 Å². The highest BCUT2D eigenvalue weighted by Crippen LogP contribution is 2.43. The molecule has 0 amide bonds. The summed E-state index contributed by atoms with van der Waals surface area (Å²) in [7, 11) is 8.30. The highest BCUT2D eigenvalue weighted by atomic mass is 15.1. The Morgan fingerprint density at radius 1 is 0.529 bits per heavy atom. The van der Waals surface area contributed by atoms with E-state index in [2.05, 4.69) is 122 Å². The number of hydrogen-bond donors (Lipinski definition) is 0. The molecule has 0 N–H and O–H groups in total. The zero-order chi connectivity index (χ0) is 23.4. The number of hydrogen-bond acceptors (Lipinski definition) is 3.